The zero-order valence-corrected chi connectivity index (χ0v) is 14.3. The summed E-state index contributed by atoms with van der Waals surface area (Å²) in [6, 6.07) is 3.74. The van der Waals surface area contributed by atoms with E-state index in [-0.39, 0.29) is 4.99 Å². The highest BCUT2D eigenvalue weighted by Gasteiger charge is 2.35. The second kappa shape index (κ2) is 6.46. The normalized spacial score (nSPS) is 12.4. The van der Waals surface area contributed by atoms with Gasteiger partial charge in [-0.1, -0.05) is 42.0 Å². The zero-order chi connectivity index (χ0) is 15.6. The molecule has 0 spiro atoms. The second-order valence-electron chi connectivity index (χ2n) is 4.33. The van der Waals surface area contributed by atoms with E-state index in [9.17, 15) is 12.8 Å². The second-order valence-corrected chi connectivity index (χ2v) is 7.34. The average molecular weight is 383 g/mol. The lowest BCUT2D eigenvalue weighted by molar-refractivity contribution is 0.462. The maximum Gasteiger partial charge on any atom is 0.244 e. The summed E-state index contributed by atoms with van der Waals surface area (Å²) in [5.74, 6) is -0.837. The van der Waals surface area contributed by atoms with Gasteiger partial charge in [-0.15, -0.1) is 0 Å². The van der Waals surface area contributed by atoms with Gasteiger partial charge in [-0.2, -0.15) is 4.72 Å². The van der Waals surface area contributed by atoms with Crippen molar-refractivity contribution in [3.8, 4) is 0 Å². The van der Waals surface area contributed by atoms with Gasteiger partial charge in [0, 0.05) is 4.47 Å². The quantitative estimate of drug-likeness (QED) is 0.741. The van der Waals surface area contributed by atoms with Crippen molar-refractivity contribution in [2.24, 2.45) is 5.73 Å². The summed E-state index contributed by atoms with van der Waals surface area (Å²) in [4.78, 5) is -0.383. The fraction of sp³-hybridized carbons (Fsp3) is 0.417. The van der Waals surface area contributed by atoms with Gasteiger partial charge in [0.1, 0.15) is 10.7 Å². The van der Waals surface area contributed by atoms with E-state index in [0.717, 1.165) is 6.07 Å². The first-order valence-corrected chi connectivity index (χ1v) is 8.66. The number of sulfonamides is 1. The van der Waals surface area contributed by atoms with Crippen molar-refractivity contribution in [3.05, 3.63) is 28.5 Å². The summed E-state index contributed by atoms with van der Waals surface area (Å²) < 4.78 is 41.3. The molecule has 0 aromatic heterocycles. The van der Waals surface area contributed by atoms with Crippen LogP contribution in [0.1, 0.15) is 26.7 Å². The lowest BCUT2D eigenvalue weighted by Crippen LogP contribution is -2.55. The first-order chi connectivity index (χ1) is 9.18. The van der Waals surface area contributed by atoms with Crippen molar-refractivity contribution in [2.45, 2.75) is 37.1 Å². The third-order valence-corrected chi connectivity index (χ3v) is 5.65. The number of hydrogen-bond acceptors (Lipinski definition) is 3. The first kappa shape index (κ1) is 17.5. The Balaban J connectivity index is 3.27. The Morgan fingerprint density at radius 3 is 2.40 bits per heavy atom. The molecule has 4 nitrogen and oxygen atoms in total. The minimum absolute atomic E-state index is 0.0450. The minimum atomic E-state index is -4.05. The van der Waals surface area contributed by atoms with Crippen LogP contribution in [0.5, 0.6) is 0 Å². The molecule has 112 valence electrons. The van der Waals surface area contributed by atoms with Gasteiger partial charge >= 0.3 is 0 Å². The van der Waals surface area contributed by atoms with Gasteiger partial charge in [0.25, 0.3) is 0 Å². The fourth-order valence-corrected chi connectivity index (χ4v) is 4.12. The van der Waals surface area contributed by atoms with Crippen LogP contribution in [0.15, 0.2) is 27.6 Å². The average Bonchev–Trinajstić information content (AvgIpc) is 2.35. The Hall–Kier alpha value is -0.570. The molecule has 0 radical (unpaired) electrons. The van der Waals surface area contributed by atoms with E-state index in [1.165, 1.54) is 12.1 Å². The highest BCUT2D eigenvalue weighted by molar-refractivity contribution is 9.10. The Bertz CT molecular complexity index is 616. The number of rotatable bonds is 6. The summed E-state index contributed by atoms with van der Waals surface area (Å²) in [6.07, 6.45) is 0.770. The molecule has 20 heavy (non-hydrogen) atoms. The summed E-state index contributed by atoms with van der Waals surface area (Å²) in [7, 11) is -4.05. The van der Waals surface area contributed by atoms with E-state index >= 15 is 0 Å². The van der Waals surface area contributed by atoms with Crippen LogP contribution in [0, 0.1) is 5.82 Å². The molecule has 1 aromatic rings. The fourth-order valence-electron chi connectivity index (χ4n) is 1.80. The molecule has 0 heterocycles. The highest BCUT2D eigenvalue weighted by Crippen LogP contribution is 2.23. The van der Waals surface area contributed by atoms with Crippen molar-refractivity contribution in [1.29, 1.82) is 0 Å². The Kier molecular flexibility index (Phi) is 5.65. The molecule has 8 heteroatoms. The minimum Gasteiger partial charge on any atom is -0.392 e. The van der Waals surface area contributed by atoms with Crippen molar-refractivity contribution in [2.75, 3.05) is 0 Å². The van der Waals surface area contributed by atoms with Crippen molar-refractivity contribution < 1.29 is 12.8 Å². The molecular weight excluding hydrogens is 367 g/mol. The molecule has 0 aliphatic rings. The van der Waals surface area contributed by atoms with E-state index < -0.39 is 26.3 Å². The van der Waals surface area contributed by atoms with Crippen LogP contribution in [0.25, 0.3) is 0 Å². The molecule has 0 saturated heterocycles. The van der Waals surface area contributed by atoms with Crippen molar-refractivity contribution in [1.82, 2.24) is 4.72 Å². The van der Waals surface area contributed by atoms with Gasteiger partial charge < -0.3 is 5.73 Å². The highest BCUT2D eigenvalue weighted by atomic mass is 79.9. The largest absolute Gasteiger partial charge is 0.392 e. The molecule has 0 unspecified atom stereocenters. The monoisotopic (exact) mass is 382 g/mol. The lowest BCUT2D eigenvalue weighted by Gasteiger charge is -2.31. The smallest absolute Gasteiger partial charge is 0.244 e. The summed E-state index contributed by atoms with van der Waals surface area (Å²) in [5, 5.41) is 0. The molecular formula is C12H16BrFN2O2S2. The van der Waals surface area contributed by atoms with Crippen LogP contribution in [-0.2, 0) is 10.0 Å². The maximum absolute atomic E-state index is 13.8. The Morgan fingerprint density at radius 1 is 1.45 bits per heavy atom. The topological polar surface area (TPSA) is 72.2 Å². The van der Waals surface area contributed by atoms with Gasteiger partial charge in [-0.05, 0) is 31.0 Å². The molecule has 0 aliphatic heterocycles. The number of nitrogens with one attached hydrogen (secondary N) is 1. The summed E-state index contributed by atoms with van der Waals surface area (Å²) >= 11 is 8.03. The van der Waals surface area contributed by atoms with Gasteiger partial charge in [-0.3, -0.25) is 0 Å². The number of benzene rings is 1. The van der Waals surface area contributed by atoms with Crippen LogP contribution >= 0.6 is 28.1 Å². The molecule has 1 aromatic carbocycles. The standard InChI is InChI=1S/C12H16BrFN2O2S2/c1-3-12(4-2,11(15)19)16-20(17,18)10-6-5-8(13)7-9(10)14/h5-7,16H,3-4H2,1-2H3,(H2,15,19). The van der Waals surface area contributed by atoms with Gasteiger partial charge in [0.05, 0.1) is 10.5 Å². The molecule has 1 rings (SSSR count). The van der Waals surface area contributed by atoms with Crippen molar-refractivity contribution >= 4 is 43.2 Å². The van der Waals surface area contributed by atoms with Crippen LogP contribution in [-0.4, -0.2) is 18.9 Å². The van der Waals surface area contributed by atoms with Gasteiger partial charge in [0.15, 0.2) is 0 Å². The first-order valence-electron chi connectivity index (χ1n) is 5.97. The number of halogens is 2. The molecule has 3 N–H and O–H groups in total. The van der Waals surface area contributed by atoms with E-state index in [4.69, 9.17) is 18.0 Å². The molecule has 0 atom stereocenters. The van der Waals surface area contributed by atoms with Gasteiger partial charge in [-0.25, -0.2) is 12.8 Å². The summed E-state index contributed by atoms with van der Waals surface area (Å²) in [5.41, 5.74) is 4.60. The Morgan fingerprint density at radius 2 is 2.00 bits per heavy atom. The lowest BCUT2D eigenvalue weighted by atomic mass is 9.94. The van der Waals surface area contributed by atoms with Gasteiger partial charge in [0.2, 0.25) is 10.0 Å². The van der Waals surface area contributed by atoms with Crippen LogP contribution in [0.3, 0.4) is 0 Å². The van der Waals surface area contributed by atoms with Crippen LogP contribution < -0.4 is 10.5 Å². The molecule has 0 amide bonds. The molecule has 0 aliphatic carbocycles. The number of nitrogens with two attached hydrogens (primary N) is 1. The molecule has 0 fully saturated rings. The molecule has 0 saturated carbocycles. The van der Waals surface area contributed by atoms with Crippen LogP contribution in [0.2, 0.25) is 0 Å². The zero-order valence-electron chi connectivity index (χ0n) is 11.1. The van der Waals surface area contributed by atoms with Crippen molar-refractivity contribution in [3.63, 3.8) is 0 Å². The summed E-state index contributed by atoms with van der Waals surface area (Å²) in [6.45, 7) is 3.53. The Labute approximate surface area is 132 Å². The number of thiocarbonyl (C=S) groups is 1. The third-order valence-electron chi connectivity index (χ3n) is 3.19. The van der Waals surface area contributed by atoms with E-state index in [1.54, 1.807) is 13.8 Å². The van der Waals surface area contributed by atoms with E-state index in [0.29, 0.717) is 17.3 Å². The predicted octanol–water partition coefficient (Wildman–Crippen LogP) is 2.71. The molecule has 0 bridgehead atoms. The predicted molar refractivity (Wildman–Crippen MR) is 84.5 cm³/mol. The van der Waals surface area contributed by atoms with E-state index in [2.05, 4.69) is 20.7 Å². The van der Waals surface area contributed by atoms with E-state index in [1.807, 2.05) is 0 Å². The SMILES string of the molecule is CCC(CC)(NS(=O)(=O)c1ccc(Br)cc1F)C(N)=S. The van der Waals surface area contributed by atoms with Crippen LogP contribution in [0.4, 0.5) is 4.39 Å². The number of hydrogen-bond donors (Lipinski definition) is 2. The third kappa shape index (κ3) is 3.55. The maximum atomic E-state index is 13.8.